The number of nitrogens with zero attached hydrogens (tertiary/aromatic N) is 5. The topological polar surface area (TPSA) is 86.4 Å². The van der Waals surface area contributed by atoms with Crippen LogP contribution in [-0.4, -0.2) is 64.7 Å². The van der Waals surface area contributed by atoms with Crippen LogP contribution in [0.5, 0.6) is 5.75 Å². The van der Waals surface area contributed by atoms with Crippen molar-refractivity contribution in [2.75, 3.05) is 34.4 Å². The van der Waals surface area contributed by atoms with Gasteiger partial charge in [-0.15, -0.1) is 0 Å². The maximum atomic E-state index is 13.3. The second-order valence-corrected chi connectivity index (χ2v) is 9.84. The molecule has 2 heterocycles. The van der Waals surface area contributed by atoms with Gasteiger partial charge < -0.3 is 19.7 Å². The van der Waals surface area contributed by atoms with Crippen LogP contribution in [0.2, 0.25) is 0 Å². The van der Waals surface area contributed by atoms with Crippen molar-refractivity contribution in [1.29, 1.82) is 0 Å². The number of rotatable bonds is 12. The number of carbonyl (C=O) groups is 1. The summed E-state index contributed by atoms with van der Waals surface area (Å²) in [5.41, 5.74) is 4.98. The summed E-state index contributed by atoms with van der Waals surface area (Å²) >= 11 is 0. The quantitative estimate of drug-likeness (QED) is 0.262. The fourth-order valence-electron chi connectivity index (χ4n) is 4.18. The van der Waals surface area contributed by atoms with Gasteiger partial charge in [0.05, 0.1) is 18.4 Å². The number of benzene rings is 2. The van der Waals surface area contributed by atoms with E-state index >= 15 is 0 Å². The second-order valence-electron chi connectivity index (χ2n) is 9.84. The molecule has 0 aliphatic carbocycles. The number of ether oxygens (including phenoxy) is 2. The van der Waals surface area contributed by atoms with Crippen molar-refractivity contribution < 1.29 is 23.0 Å². The molecule has 0 saturated carbocycles. The lowest BCUT2D eigenvalue weighted by Crippen LogP contribution is -2.27. The van der Waals surface area contributed by atoms with Crippen LogP contribution >= 0.6 is 0 Å². The van der Waals surface area contributed by atoms with Crippen molar-refractivity contribution in [3.8, 4) is 28.0 Å². The molecular formula is C29H34F2N6O3. The molecule has 4 aromatic rings. The van der Waals surface area contributed by atoms with E-state index in [1.54, 1.807) is 24.1 Å². The van der Waals surface area contributed by atoms with Crippen LogP contribution in [-0.2, 0) is 11.5 Å². The smallest absolute Gasteiger partial charge is 0.333 e. The van der Waals surface area contributed by atoms with Crippen molar-refractivity contribution in [2.24, 2.45) is 0 Å². The van der Waals surface area contributed by atoms with Crippen LogP contribution in [0.15, 0.2) is 61.2 Å². The van der Waals surface area contributed by atoms with Gasteiger partial charge in [-0.2, -0.15) is 19.0 Å². The fraction of sp³-hybridized carbons (Fsp3) is 0.345. The van der Waals surface area contributed by atoms with Crippen molar-refractivity contribution in [3.63, 3.8) is 0 Å². The van der Waals surface area contributed by atoms with Gasteiger partial charge in [0.25, 0.3) is 5.91 Å². The maximum Gasteiger partial charge on any atom is 0.333 e. The number of amides is 1. The summed E-state index contributed by atoms with van der Waals surface area (Å²) in [6.07, 6.45) is 6.25. The van der Waals surface area contributed by atoms with Crippen LogP contribution in [0.25, 0.3) is 22.3 Å². The van der Waals surface area contributed by atoms with Crippen LogP contribution in [0.1, 0.15) is 41.0 Å². The highest BCUT2D eigenvalue weighted by molar-refractivity contribution is 5.96. The first kappa shape index (κ1) is 28.9. The molecule has 2 aromatic carbocycles. The van der Waals surface area contributed by atoms with E-state index < -0.39 is 12.6 Å². The van der Waals surface area contributed by atoms with Crippen LogP contribution < -0.4 is 10.1 Å². The number of halogens is 2. The van der Waals surface area contributed by atoms with Gasteiger partial charge in [-0.1, -0.05) is 6.07 Å². The number of aromatic nitrogens is 4. The first-order chi connectivity index (χ1) is 19.1. The predicted molar refractivity (Wildman–Crippen MR) is 148 cm³/mol. The SMILES string of the molecule is COCn1cc(-c2cc(-c3cnn(C(F)F)c3)cc([C@@H](C)NC(=O)c3cc(OCCN(C)C)ccc3C)c2)cn1. The highest BCUT2D eigenvalue weighted by Crippen LogP contribution is 2.31. The number of alkyl halides is 2. The molecule has 1 atom stereocenters. The van der Waals surface area contributed by atoms with Gasteiger partial charge in [0, 0.05) is 42.7 Å². The molecule has 0 bridgehead atoms. The van der Waals surface area contributed by atoms with Gasteiger partial charge in [0.15, 0.2) is 0 Å². The molecule has 2 aromatic heterocycles. The summed E-state index contributed by atoms with van der Waals surface area (Å²) in [5, 5.41) is 11.2. The Morgan fingerprint density at radius 2 is 1.73 bits per heavy atom. The van der Waals surface area contributed by atoms with Crippen molar-refractivity contribution in [1.82, 2.24) is 29.8 Å². The Kier molecular flexibility index (Phi) is 9.28. The van der Waals surface area contributed by atoms with Crippen molar-refractivity contribution in [2.45, 2.75) is 33.2 Å². The van der Waals surface area contributed by atoms with E-state index in [4.69, 9.17) is 9.47 Å². The molecule has 1 amide bonds. The van der Waals surface area contributed by atoms with Gasteiger partial charge in [0.2, 0.25) is 0 Å². The molecule has 4 rings (SSSR count). The van der Waals surface area contributed by atoms with Gasteiger partial charge in [0.1, 0.15) is 19.1 Å². The largest absolute Gasteiger partial charge is 0.492 e. The second kappa shape index (κ2) is 12.8. The van der Waals surface area contributed by atoms with Gasteiger partial charge in [-0.25, -0.2) is 9.36 Å². The number of hydrogen-bond donors (Lipinski definition) is 1. The molecule has 0 spiro atoms. The Morgan fingerprint density at radius 1 is 1.02 bits per heavy atom. The molecule has 1 N–H and O–H groups in total. The molecule has 11 heteroatoms. The van der Waals surface area contributed by atoms with Crippen LogP contribution in [0.4, 0.5) is 8.78 Å². The normalized spacial score (nSPS) is 12.2. The molecule has 0 radical (unpaired) electrons. The van der Waals surface area contributed by atoms with E-state index in [1.165, 1.54) is 12.4 Å². The Hall–Kier alpha value is -4.09. The van der Waals surface area contributed by atoms with Crippen molar-refractivity contribution >= 4 is 5.91 Å². The molecule has 0 aliphatic rings. The third-order valence-electron chi connectivity index (χ3n) is 6.43. The summed E-state index contributed by atoms with van der Waals surface area (Å²) in [5.74, 6) is 0.382. The fourth-order valence-corrected chi connectivity index (χ4v) is 4.18. The van der Waals surface area contributed by atoms with E-state index in [9.17, 15) is 13.6 Å². The summed E-state index contributed by atoms with van der Waals surface area (Å²) < 4.78 is 39.7. The molecule has 0 saturated heterocycles. The molecule has 0 aliphatic heterocycles. The zero-order valence-electron chi connectivity index (χ0n) is 23.3. The lowest BCUT2D eigenvalue weighted by atomic mass is 9.96. The number of likely N-dealkylation sites (N-methyl/N-ethyl adjacent to an activating group) is 1. The minimum absolute atomic E-state index is 0.242. The Morgan fingerprint density at radius 3 is 2.38 bits per heavy atom. The van der Waals surface area contributed by atoms with Gasteiger partial charge >= 0.3 is 6.55 Å². The molecule has 212 valence electrons. The number of carbonyl (C=O) groups excluding carboxylic acids is 1. The van der Waals surface area contributed by atoms with E-state index in [-0.39, 0.29) is 12.6 Å². The average Bonchev–Trinajstić information content (AvgIpc) is 3.60. The number of hydrogen-bond acceptors (Lipinski definition) is 6. The van der Waals surface area contributed by atoms with E-state index in [2.05, 4.69) is 15.5 Å². The lowest BCUT2D eigenvalue weighted by Gasteiger charge is -2.18. The molecule has 40 heavy (non-hydrogen) atoms. The summed E-state index contributed by atoms with van der Waals surface area (Å²) in [4.78, 5) is 15.4. The number of nitrogens with one attached hydrogen (secondary N) is 1. The third kappa shape index (κ3) is 7.10. The summed E-state index contributed by atoms with van der Waals surface area (Å²) in [6.45, 7) is 2.56. The third-order valence-corrected chi connectivity index (χ3v) is 6.43. The predicted octanol–water partition coefficient (Wildman–Crippen LogP) is 5.15. The van der Waals surface area contributed by atoms with E-state index in [0.29, 0.717) is 33.7 Å². The Bertz CT molecular complexity index is 1450. The number of aryl methyl sites for hydroxylation is 1. The number of methoxy groups -OCH3 is 1. The Labute approximate surface area is 232 Å². The standard InChI is InChI=1S/C29H34F2N6O3/c1-19-6-7-26(40-9-8-35(3)4)13-27(19)28(38)34-20(2)21-10-22(24-14-32-36(16-24)18-39-5)12-23(11-21)25-15-33-37(17-25)29(30)31/h6-7,10-17,20,29H,8-9,18H2,1-5H3,(H,34,38)/t20-/m1/s1. The first-order valence-electron chi connectivity index (χ1n) is 12.8. The van der Waals surface area contributed by atoms with E-state index in [1.807, 2.05) is 69.4 Å². The summed E-state index contributed by atoms with van der Waals surface area (Å²) in [7, 11) is 5.52. The monoisotopic (exact) mass is 552 g/mol. The first-order valence-corrected chi connectivity index (χ1v) is 12.8. The highest BCUT2D eigenvalue weighted by Gasteiger charge is 2.18. The zero-order valence-corrected chi connectivity index (χ0v) is 23.3. The van der Waals surface area contributed by atoms with Crippen LogP contribution in [0, 0.1) is 6.92 Å². The maximum absolute atomic E-state index is 13.3. The van der Waals surface area contributed by atoms with Gasteiger partial charge in [-0.05, 0) is 80.5 Å². The highest BCUT2D eigenvalue weighted by atomic mass is 19.3. The van der Waals surface area contributed by atoms with E-state index in [0.717, 1.165) is 28.8 Å². The zero-order chi connectivity index (χ0) is 28.8. The molecule has 9 nitrogen and oxygen atoms in total. The van der Waals surface area contributed by atoms with Crippen LogP contribution in [0.3, 0.4) is 0 Å². The lowest BCUT2D eigenvalue weighted by molar-refractivity contribution is 0.0566. The van der Waals surface area contributed by atoms with Gasteiger partial charge in [-0.3, -0.25) is 4.79 Å². The molecule has 0 fully saturated rings. The minimum Gasteiger partial charge on any atom is -0.492 e. The average molecular weight is 553 g/mol. The molecule has 0 unspecified atom stereocenters. The minimum atomic E-state index is -2.74. The summed E-state index contributed by atoms with van der Waals surface area (Å²) in [6, 6.07) is 10.8. The molecular weight excluding hydrogens is 518 g/mol. The van der Waals surface area contributed by atoms with Crippen molar-refractivity contribution in [3.05, 3.63) is 77.9 Å². The Balaban J connectivity index is 1.62.